The normalized spacial score (nSPS) is 27.6. The molecule has 1 N–H and O–H groups in total. The molecule has 1 heterocycles. The predicted molar refractivity (Wildman–Crippen MR) is 64.5 cm³/mol. The van der Waals surface area contributed by atoms with Gasteiger partial charge in [0.1, 0.15) is 0 Å². The van der Waals surface area contributed by atoms with E-state index in [-0.39, 0.29) is 12.0 Å². The van der Waals surface area contributed by atoms with Gasteiger partial charge >= 0.3 is 5.97 Å². The van der Waals surface area contributed by atoms with Gasteiger partial charge in [-0.2, -0.15) is 0 Å². The van der Waals surface area contributed by atoms with E-state index >= 15 is 0 Å². The molecule has 0 saturated carbocycles. The van der Waals surface area contributed by atoms with Gasteiger partial charge in [0.25, 0.3) is 0 Å². The lowest BCUT2D eigenvalue weighted by Gasteiger charge is -2.42. The fourth-order valence-electron chi connectivity index (χ4n) is 2.30. The van der Waals surface area contributed by atoms with E-state index in [1.54, 1.807) is 6.92 Å². The van der Waals surface area contributed by atoms with Gasteiger partial charge in [-0.1, -0.05) is 13.8 Å². The number of carboxylic acids is 1. The number of rotatable bonds is 4. The Balaban J connectivity index is 2.57. The molecular weight excluding hydrogens is 204 g/mol. The molecule has 1 rings (SSSR count). The summed E-state index contributed by atoms with van der Waals surface area (Å²) >= 11 is 0. The molecule has 0 amide bonds. The Morgan fingerprint density at radius 3 is 2.56 bits per heavy atom. The van der Waals surface area contributed by atoms with Crippen LogP contribution in [0.2, 0.25) is 0 Å². The summed E-state index contributed by atoms with van der Waals surface area (Å²) in [6.07, 6.45) is 1.13. The molecule has 0 aromatic rings. The summed E-state index contributed by atoms with van der Waals surface area (Å²) in [6.45, 7) is 9.02. The third kappa shape index (κ3) is 2.95. The van der Waals surface area contributed by atoms with Crippen molar-refractivity contribution in [1.82, 2.24) is 9.80 Å². The molecule has 1 aliphatic rings. The molecule has 1 aliphatic heterocycles. The van der Waals surface area contributed by atoms with Crippen LogP contribution >= 0.6 is 0 Å². The van der Waals surface area contributed by atoms with Crippen LogP contribution in [0, 0.1) is 5.92 Å². The third-order valence-electron chi connectivity index (χ3n) is 3.97. The van der Waals surface area contributed by atoms with Gasteiger partial charge in [-0.15, -0.1) is 0 Å². The molecule has 1 saturated heterocycles. The molecular formula is C12H24N2O2. The lowest BCUT2D eigenvalue weighted by molar-refractivity contribution is -0.143. The fourth-order valence-corrected chi connectivity index (χ4v) is 2.30. The van der Waals surface area contributed by atoms with Gasteiger partial charge in [0.15, 0.2) is 0 Å². The van der Waals surface area contributed by atoms with Crippen LogP contribution in [0.15, 0.2) is 0 Å². The van der Waals surface area contributed by atoms with Gasteiger partial charge in [0.2, 0.25) is 0 Å². The minimum Gasteiger partial charge on any atom is -0.481 e. The van der Waals surface area contributed by atoms with Crippen LogP contribution in [-0.2, 0) is 4.79 Å². The average Bonchev–Trinajstić information content (AvgIpc) is 2.27. The first kappa shape index (κ1) is 13.5. The zero-order valence-electron chi connectivity index (χ0n) is 10.8. The second-order valence-corrected chi connectivity index (χ2v) is 4.91. The molecule has 4 nitrogen and oxygen atoms in total. The van der Waals surface area contributed by atoms with E-state index in [0.717, 1.165) is 26.1 Å². The highest BCUT2D eigenvalue weighted by Crippen LogP contribution is 2.17. The monoisotopic (exact) mass is 228 g/mol. The van der Waals surface area contributed by atoms with Crippen molar-refractivity contribution in [1.29, 1.82) is 0 Å². The molecule has 3 atom stereocenters. The van der Waals surface area contributed by atoms with Gasteiger partial charge in [0.05, 0.1) is 5.92 Å². The van der Waals surface area contributed by atoms with E-state index in [2.05, 4.69) is 23.8 Å². The first-order valence-corrected chi connectivity index (χ1v) is 6.14. The number of nitrogens with zero attached hydrogens (tertiary/aromatic N) is 2. The smallest absolute Gasteiger partial charge is 0.307 e. The van der Waals surface area contributed by atoms with Crippen LogP contribution < -0.4 is 0 Å². The Labute approximate surface area is 98.2 Å². The van der Waals surface area contributed by atoms with Crippen molar-refractivity contribution in [2.75, 3.05) is 26.7 Å². The number of hydrogen-bond acceptors (Lipinski definition) is 3. The zero-order valence-corrected chi connectivity index (χ0v) is 10.8. The molecule has 16 heavy (non-hydrogen) atoms. The van der Waals surface area contributed by atoms with Crippen LogP contribution in [0.5, 0.6) is 0 Å². The first-order chi connectivity index (χ1) is 7.47. The summed E-state index contributed by atoms with van der Waals surface area (Å²) < 4.78 is 0. The van der Waals surface area contributed by atoms with E-state index in [4.69, 9.17) is 5.11 Å². The van der Waals surface area contributed by atoms with Crippen molar-refractivity contribution in [3.63, 3.8) is 0 Å². The SMILES string of the molecule is CCC1CN(C(C)C(C)C(=O)O)CCN1C. The summed E-state index contributed by atoms with van der Waals surface area (Å²) in [6, 6.07) is 0.692. The summed E-state index contributed by atoms with van der Waals surface area (Å²) in [5, 5.41) is 9.02. The number of hydrogen-bond donors (Lipinski definition) is 1. The van der Waals surface area contributed by atoms with Crippen molar-refractivity contribution in [3.8, 4) is 0 Å². The fraction of sp³-hybridized carbons (Fsp3) is 0.917. The molecule has 0 radical (unpaired) electrons. The van der Waals surface area contributed by atoms with Crippen molar-refractivity contribution in [2.45, 2.75) is 39.3 Å². The van der Waals surface area contributed by atoms with E-state index in [1.165, 1.54) is 0 Å². The molecule has 0 bridgehead atoms. The maximum atomic E-state index is 11.0. The average molecular weight is 228 g/mol. The van der Waals surface area contributed by atoms with Crippen LogP contribution in [0.1, 0.15) is 27.2 Å². The lowest BCUT2D eigenvalue weighted by Crippen LogP contribution is -2.55. The van der Waals surface area contributed by atoms with E-state index in [1.807, 2.05) is 6.92 Å². The Bertz CT molecular complexity index is 245. The van der Waals surface area contributed by atoms with Crippen LogP contribution in [0.4, 0.5) is 0 Å². The third-order valence-corrected chi connectivity index (χ3v) is 3.97. The standard InChI is InChI=1S/C12H24N2O2/c1-5-11-8-14(7-6-13(11)4)10(3)9(2)12(15)16/h9-11H,5-8H2,1-4H3,(H,15,16). The second kappa shape index (κ2) is 5.64. The van der Waals surface area contributed by atoms with Crippen LogP contribution in [0.25, 0.3) is 0 Å². The summed E-state index contributed by atoms with van der Waals surface area (Å²) in [4.78, 5) is 15.6. The number of piperazine rings is 1. The van der Waals surface area contributed by atoms with Crippen molar-refractivity contribution >= 4 is 5.97 Å². The second-order valence-electron chi connectivity index (χ2n) is 4.91. The Morgan fingerprint density at radius 2 is 2.06 bits per heavy atom. The first-order valence-electron chi connectivity index (χ1n) is 6.14. The number of carboxylic acid groups (broad SMARTS) is 1. The molecule has 0 aliphatic carbocycles. The summed E-state index contributed by atoms with van der Waals surface area (Å²) in [5.41, 5.74) is 0. The number of carbonyl (C=O) groups is 1. The Hall–Kier alpha value is -0.610. The van der Waals surface area contributed by atoms with Crippen LogP contribution in [0.3, 0.4) is 0 Å². The van der Waals surface area contributed by atoms with E-state index in [9.17, 15) is 4.79 Å². The number of likely N-dealkylation sites (N-methyl/N-ethyl adjacent to an activating group) is 1. The molecule has 0 aromatic carbocycles. The predicted octanol–water partition coefficient (Wildman–Crippen LogP) is 1.12. The van der Waals surface area contributed by atoms with E-state index in [0.29, 0.717) is 6.04 Å². The van der Waals surface area contributed by atoms with E-state index < -0.39 is 5.97 Å². The zero-order chi connectivity index (χ0) is 12.3. The highest BCUT2D eigenvalue weighted by atomic mass is 16.4. The van der Waals surface area contributed by atoms with Crippen LogP contribution in [-0.4, -0.2) is 59.6 Å². The van der Waals surface area contributed by atoms with Crippen molar-refractivity contribution in [2.24, 2.45) is 5.92 Å². The van der Waals surface area contributed by atoms with Crippen molar-refractivity contribution in [3.05, 3.63) is 0 Å². The van der Waals surface area contributed by atoms with Gasteiger partial charge in [-0.3, -0.25) is 9.69 Å². The van der Waals surface area contributed by atoms with Gasteiger partial charge in [0, 0.05) is 31.7 Å². The number of aliphatic carboxylic acids is 1. The molecule has 4 heteroatoms. The minimum absolute atomic E-state index is 0.125. The minimum atomic E-state index is -0.695. The van der Waals surface area contributed by atoms with Crippen molar-refractivity contribution < 1.29 is 9.90 Å². The molecule has 0 spiro atoms. The Morgan fingerprint density at radius 1 is 1.44 bits per heavy atom. The lowest BCUT2D eigenvalue weighted by atomic mass is 9.99. The highest BCUT2D eigenvalue weighted by molar-refractivity contribution is 5.70. The molecule has 1 fully saturated rings. The summed E-state index contributed by atoms with van der Waals surface area (Å²) in [7, 11) is 2.15. The molecule has 3 unspecified atom stereocenters. The maximum absolute atomic E-state index is 11.0. The maximum Gasteiger partial charge on any atom is 0.307 e. The molecule has 0 aromatic heterocycles. The largest absolute Gasteiger partial charge is 0.481 e. The Kier molecular flexibility index (Phi) is 4.74. The summed E-state index contributed by atoms with van der Waals surface area (Å²) in [5.74, 6) is -0.986. The topological polar surface area (TPSA) is 43.8 Å². The van der Waals surface area contributed by atoms with Gasteiger partial charge in [-0.05, 0) is 20.4 Å². The van der Waals surface area contributed by atoms with Gasteiger partial charge < -0.3 is 10.0 Å². The molecule has 94 valence electrons. The quantitative estimate of drug-likeness (QED) is 0.783. The van der Waals surface area contributed by atoms with Gasteiger partial charge in [-0.25, -0.2) is 0 Å². The highest BCUT2D eigenvalue weighted by Gasteiger charge is 2.30.